The number of aryl methyl sites for hydroxylation is 3. The van der Waals surface area contributed by atoms with Gasteiger partial charge < -0.3 is 4.74 Å². The molecule has 0 spiro atoms. The lowest BCUT2D eigenvalue weighted by molar-refractivity contribution is -0.128. The molecule has 2 aliphatic rings. The van der Waals surface area contributed by atoms with Crippen molar-refractivity contribution in [2.24, 2.45) is 18.4 Å². The topological polar surface area (TPSA) is 107 Å². The van der Waals surface area contributed by atoms with Crippen molar-refractivity contribution in [3.05, 3.63) is 82.2 Å². The second-order valence-corrected chi connectivity index (χ2v) is 16.1. The molecule has 6 rings (SSSR count). The van der Waals surface area contributed by atoms with Crippen molar-refractivity contribution in [2.75, 3.05) is 18.1 Å². The van der Waals surface area contributed by atoms with E-state index in [2.05, 4.69) is 65.2 Å². The molecule has 0 bridgehead atoms. The molecule has 0 amide bonds. The Labute approximate surface area is 272 Å². The molecule has 244 valence electrons. The lowest BCUT2D eigenvalue weighted by Gasteiger charge is -2.36. The average molecular weight is 644 g/mol. The van der Waals surface area contributed by atoms with Gasteiger partial charge in [0.2, 0.25) is 0 Å². The Balaban J connectivity index is 1.39. The van der Waals surface area contributed by atoms with Gasteiger partial charge in [0, 0.05) is 62.4 Å². The van der Waals surface area contributed by atoms with Crippen LogP contribution in [0.3, 0.4) is 0 Å². The number of ether oxygens (including phenoxy) is 1. The molecule has 4 heterocycles. The molecular weight excluding hydrogens is 598 g/mol. The highest BCUT2D eigenvalue weighted by atomic mass is 32.2. The summed E-state index contributed by atoms with van der Waals surface area (Å²) in [7, 11) is -1.20. The lowest BCUT2D eigenvalue weighted by atomic mass is 9.66. The molecule has 1 fully saturated rings. The summed E-state index contributed by atoms with van der Waals surface area (Å²) >= 11 is 0. The van der Waals surface area contributed by atoms with Crippen molar-refractivity contribution in [1.82, 2.24) is 24.9 Å². The van der Waals surface area contributed by atoms with Gasteiger partial charge in [-0.05, 0) is 72.6 Å². The van der Waals surface area contributed by atoms with Crippen LogP contribution in [0.1, 0.15) is 79.3 Å². The third-order valence-corrected chi connectivity index (χ3v) is 12.0. The molecule has 9 nitrogen and oxygen atoms in total. The number of rotatable bonds is 9. The van der Waals surface area contributed by atoms with Crippen molar-refractivity contribution in [3.63, 3.8) is 0 Å². The van der Waals surface area contributed by atoms with Gasteiger partial charge in [0.05, 0.1) is 17.0 Å². The summed E-state index contributed by atoms with van der Waals surface area (Å²) in [5.41, 5.74) is 7.52. The molecule has 2 aromatic carbocycles. The van der Waals surface area contributed by atoms with Crippen molar-refractivity contribution in [1.29, 1.82) is 0 Å². The third-order valence-electron chi connectivity index (χ3n) is 10.2. The summed E-state index contributed by atoms with van der Waals surface area (Å²) in [6.07, 6.45) is 5.47. The summed E-state index contributed by atoms with van der Waals surface area (Å²) in [5.74, 6) is 0.836. The van der Waals surface area contributed by atoms with Crippen LogP contribution in [-0.4, -0.2) is 63.2 Å². The van der Waals surface area contributed by atoms with Crippen LogP contribution in [0.2, 0.25) is 0 Å². The summed E-state index contributed by atoms with van der Waals surface area (Å²) in [5, 5.41) is 8.73. The standard InChI is InChI=1S/C36H45N5O4S/c1-7-29-21-41(20-28-18-37-14-12-32(28)45-29)19-27-17-26(9-8-23(27)2)34(30-10-11-31-35(24(30)3)38-39-40(31)6)36(4,5)33(42)16-25-13-15-46(43,44)22-25/h8-12,14,17-18,25,29,34H,7,13,15-16,19-22H2,1-6H3/t25?,29-,34+/m1/s1. The van der Waals surface area contributed by atoms with Crippen LogP contribution in [-0.2, 0) is 34.8 Å². The second kappa shape index (κ2) is 12.5. The van der Waals surface area contributed by atoms with E-state index in [0.29, 0.717) is 6.42 Å². The Morgan fingerprint density at radius 1 is 1.15 bits per heavy atom. The van der Waals surface area contributed by atoms with E-state index < -0.39 is 15.3 Å². The van der Waals surface area contributed by atoms with Crippen LogP contribution in [0.15, 0.2) is 48.8 Å². The minimum absolute atomic E-state index is 0.0807. The first-order valence-corrected chi connectivity index (χ1v) is 18.1. The number of fused-ring (bicyclic) bond motifs is 2. The highest BCUT2D eigenvalue weighted by molar-refractivity contribution is 7.91. The molecule has 46 heavy (non-hydrogen) atoms. The maximum Gasteiger partial charge on any atom is 0.150 e. The number of carbonyl (C=O) groups is 1. The van der Waals surface area contributed by atoms with E-state index in [1.54, 1.807) is 10.9 Å². The zero-order chi connectivity index (χ0) is 32.8. The van der Waals surface area contributed by atoms with Gasteiger partial charge in [0.15, 0.2) is 9.84 Å². The van der Waals surface area contributed by atoms with E-state index >= 15 is 0 Å². The summed E-state index contributed by atoms with van der Waals surface area (Å²) in [6, 6.07) is 12.7. The Morgan fingerprint density at radius 3 is 2.70 bits per heavy atom. The molecule has 0 radical (unpaired) electrons. The Bertz CT molecular complexity index is 1880. The average Bonchev–Trinajstić information content (AvgIpc) is 3.50. The van der Waals surface area contributed by atoms with Gasteiger partial charge in [-0.1, -0.05) is 50.3 Å². The van der Waals surface area contributed by atoms with E-state index in [4.69, 9.17) is 4.74 Å². The van der Waals surface area contributed by atoms with Gasteiger partial charge in [-0.2, -0.15) is 0 Å². The number of carbonyl (C=O) groups excluding carboxylic acids is 1. The fourth-order valence-electron chi connectivity index (χ4n) is 7.34. The van der Waals surface area contributed by atoms with Gasteiger partial charge in [0.25, 0.3) is 0 Å². The number of hydrogen-bond donors (Lipinski definition) is 0. The van der Waals surface area contributed by atoms with Crippen LogP contribution in [0.4, 0.5) is 0 Å². The zero-order valence-electron chi connectivity index (χ0n) is 27.8. The highest BCUT2D eigenvalue weighted by Gasteiger charge is 2.42. The van der Waals surface area contributed by atoms with Gasteiger partial charge in [0.1, 0.15) is 23.2 Å². The minimum Gasteiger partial charge on any atom is -0.489 e. The van der Waals surface area contributed by atoms with Crippen molar-refractivity contribution in [3.8, 4) is 5.75 Å². The van der Waals surface area contributed by atoms with E-state index in [1.807, 2.05) is 39.2 Å². The number of Topliss-reactive ketones (excluding diaryl/α,β-unsaturated/α-hetero) is 1. The normalized spacial score (nSPS) is 20.7. The monoisotopic (exact) mass is 643 g/mol. The fourth-order valence-corrected chi connectivity index (χ4v) is 9.20. The number of hydrogen-bond acceptors (Lipinski definition) is 8. The Hall–Kier alpha value is -3.63. The van der Waals surface area contributed by atoms with E-state index in [0.717, 1.165) is 65.1 Å². The van der Waals surface area contributed by atoms with Crippen molar-refractivity contribution < 1.29 is 17.9 Å². The van der Waals surface area contributed by atoms with Gasteiger partial charge in [-0.25, -0.2) is 13.1 Å². The maximum atomic E-state index is 14.2. The Kier molecular flexibility index (Phi) is 8.80. The summed E-state index contributed by atoms with van der Waals surface area (Å²) in [6.45, 7) is 12.7. The van der Waals surface area contributed by atoms with Crippen LogP contribution in [0.5, 0.6) is 5.75 Å². The van der Waals surface area contributed by atoms with Crippen LogP contribution >= 0.6 is 0 Å². The molecule has 4 aromatic rings. The molecule has 2 aliphatic heterocycles. The molecule has 10 heteroatoms. The Morgan fingerprint density at radius 2 is 1.96 bits per heavy atom. The fraction of sp³-hybridized carbons (Fsp3) is 0.500. The molecule has 0 N–H and O–H groups in total. The van der Waals surface area contributed by atoms with Crippen LogP contribution < -0.4 is 4.74 Å². The first-order chi connectivity index (χ1) is 21.9. The largest absolute Gasteiger partial charge is 0.489 e. The number of ketones is 1. The van der Waals surface area contributed by atoms with Crippen LogP contribution in [0.25, 0.3) is 11.0 Å². The van der Waals surface area contributed by atoms with E-state index in [9.17, 15) is 13.2 Å². The number of aromatic nitrogens is 4. The second-order valence-electron chi connectivity index (χ2n) is 13.9. The van der Waals surface area contributed by atoms with E-state index in [-0.39, 0.29) is 41.6 Å². The molecular formula is C36H45N5O4S. The third kappa shape index (κ3) is 6.34. The lowest BCUT2D eigenvalue weighted by Crippen LogP contribution is -2.34. The molecule has 0 saturated carbocycles. The molecule has 2 aromatic heterocycles. The molecule has 0 aliphatic carbocycles. The SMILES string of the molecule is CC[C@@H]1CN(Cc2cc([C@@H](c3ccc4c(nnn4C)c3C)C(C)(C)C(=O)CC3CCS(=O)(=O)C3)ccc2C)Cc2cnccc2O1. The smallest absolute Gasteiger partial charge is 0.150 e. The maximum absolute atomic E-state index is 14.2. The zero-order valence-corrected chi connectivity index (χ0v) is 28.6. The minimum atomic E-state index is -3.08. The number of sulfone groups is 1. The summed E-state index contributed by atoms with van der Waals surface area (Å²) < 4.78 is 32.6. The number of benzene rings is 2. The van der Waals surface area contributed by atoms with Gasteiger partial charge >= 0.3 is 0 Å². The quantitative estimate of drug-likeness (QED) is 0.229. The van der Waals surface area contributed by atoms with Gasteiger partial charge in [-0.15, -0.1) is 5.10 Å². The molecule has 1 saturated heterocycles. The van der Waals surface area contributed by atoms with Crippen LogP contribution in [0, 0.1) is 25.2 Å². The first kappa shape index (κ1) is 32.3. The summed E-state index contributed by atoms with van der Waals surface area (Å²) in [4.78, 5) is 21.0. The van der Waals surface area contributed by atoms with Gasteiger partial charge in [-0.3, -0.25) is 14.7 Å². The van der Waals surface area contributed by atoms with Crippen molar-refractivity contribution >= 4 is 26.7 Å². The van der Waals surface area contributed by atoms with Crippen molar-refractivity contribution in [2.45, 2.75) is 79.0 Å². The number of nitrogens with zero attached hydrogens (tertiary/aromatic N) is 5. The molecule has 3 atom stereocenters. The number of pyridine rings is 1. The predicted molar refractivity (Wildman–Crippen MR) is 179 cm³/mol. The van der Waals surface area contributed by atoms with E-state index in [1.165, 1.54) is 11.1 Å². The molecule has 1 unspecified atom stereocenters. The first-order valence-electron chi connectivity index (χ1n) is 16.3. The highest BCUT2D eigenvalue weighted by Crippen LogP contribution is 2.46. The predicted octanol–water partition coefficient (Wildman–Crippen LogP) is 5.71.